The van der Waals surface area contributed by atoms with Crippen molar-refractivity contribution in [3.05, 3.63) is 12.2 Å². The SMILES string of the molecule is CCCCCCCCCCC=CCOC(=S)SC. The predicted octanol–water partition coefficient (Wildman–Crippen LogP) is 5.74. The third-order valence-corrected chi connectivity index (χ3v) is 3.92. The molecule has 0 bridgehead atoms. The van der Waals surface area contributed by atoms with Gasteiger partial charge in [-0.2, -0.15) is 0 Å². The van der Waals surface area contributed by atoms with Crippen LogP contribution in [0.2, 0.25) is 0 Å². The van der Waals surface area contributed by atoms with Crippen LogP contribution in [0.5, 0.6) is 0 Å². The highest BCUT2D eigenvalue weighted by Gasteiger charge is 1.91. The number of hydrogen-bond acceptors (Lipinski definition) is 3. The molecular formula is C15H28OS2. The third-order valence-electron chi connectivity index (χ3n) is 2.86. The molecule has 0 saturated heterocycles. The van der Waals surface area contributed by atoms with Crippen molar-refractivity contribution in [2.45, 2.75) is 64.7 Å². The third kappa shape index (κ3) is 14.0. The van der Waals surface area contributed by atoms with Gasteiger partial charge in [-0.1, -0.05) is 75.8 Å². The fraction of sp³-hybridized carbons (Fsp3) is 0.800. The standard InChI is InChI=1S/C15H28OS2/c1-3-4-5-6-7-8-9-10-11-12-13-14-16-15(17)18-2/h12-13H,3-11,14H2,1-2H3. The molecule has 0 rings (SSSR count). The topological polar surface area (TPSA) is 9.23 Å². The molecule has 0 atom stereocenters. The van der Waals surface area contributed by atoms with Crippen molar-refractivity contribution < 1.29 is 4.74 Å². The van der Waals surface area contributed by atoms with E-state index >= 15 is 0 Å². The number of thioether (sulfide) groups is 1. The molecule has 0 spiro atoms. The van der Waals surface area contributed by atoms with E-state index in [2.05, 4.69) is 19.1 Å². The lowest BCUT2D eigenvalue weighted by molar-refractivity contribution is 0.370. The Morgan fingerprint density at radius 3 is 2.22 bits per heavy atom. The largest absolute Gasteiger partial charge is 0.474 e. The van der Waals surface area contributed by atoms with Crippen molar-refractivity contribution in [1.82, 2.24) is 0 Å². The second kappa shape index (κ2) is 15.0. The monoisotopic (exact) mass is 288 g/mol. The van der Waals surface area contributed by atoms with Crippen molar-refractivity contribution in [2.75, 3.05) is 12.9 Å². The zero-order valence-corrected chi connectivity index (χ0v) is 13.6. The van der Waals surface area contributed by atoms with Gasteiger partial charge in [-0.3, -0.25) is 0 Å². The summed E-state index contributed by atoms with van der Waals surface area (Å²) in [6, 6.07) is 0. The van der Waals surface area contributed by atoms with E-state index in [4.69, 9.17) is 17.0 Å². The molecule has 0 saturated carbocycles. The molecule has 0 aromatic carbocycles. The molecule has 0 heterocycles. The first-order valence-electron chi connectivity index (χ1n) is 7.17. The Morgan fingerprint density at radius 1 is 1.00 bits per heavy atom. The van der Waals surface area contributed by atoms with Crippen LogP contribution in [0.15, 0.2) is 12.2 Å². The molecular weight excluding hydrogens is 260 g/mol. The number of rotatable bonds is 11. The van der Waals surface area contributed by atoms with Crippen LogP contribution >= 0.6 is 24.0 Å². The molecule has 0 amide bonds. The summed E-state index contributed by atoms with van der Waals surface area (Å²) < 4.78 is 5.91. The Bertz CT molecular complexity index is 215. The van der Waals surface area contributed by atoms with E-state index in [0.717, 1.165) is 0 Å². The number of hydrogen-bond donors (Lipinski definition) is 0. The Kier molecular flexibility index (Phi) is 15.0. The molecule has 3 heteroatoms. The first-order chi connectivity index (χ1) is 8.81. The van der Waals surface area contributed by atoms with Crippen molar-refractivity contribution in [3.63, 3.8) is 0 Å². The maximum Gasteiger partial charge on any atom is 0.220 e. The van der Waals surface area contributed by atoms with Gasteiger partial charge >= 0.3 is 0 Å². The molecule has 0 N–H and O–H groups in total. The maximum atomic E-state index is 5.28. The molecule has 1 nitrogen and oxygen atoms in total. The van der Waals surface area contributed by atoms with Gasteiger partial charge in [0.25, 0.3) is 0 Å². The highest BCUT2D eigenvalue weighted by Crippen LogP contribution is 2.09. The van der Waals surface area contributed by atoms with Crippen LogP contribution in [0.4, 0.5) is 0 Å². The summed E-state index contributed by atoms with van der Waals surface area (Å²) in [6.45, 7) is 2.89. The van der Waals surface area contributed by atoms with Gasteiger partial charge < -0.3 is 4.74 Å². The minimum Gasteiger partial charge on any atom is -0.474 e. The van der Waals surface area contributed by atoms with Crippen LogP contribution in [0.1, 0.15) is 64.7 Å². The second-order valence-electron chi connectivity index (χ2n) is 4.50. The van der Waals surface area contributed by atoms with Gasteiger partial charge in [0.15, 0.2) is 0 Å². The molecule has 18 heavy (non-hydrogen) atoms. The van der Waals surface area contributed by atoms with Crippen LogP contribution < -0.4 is 0 Å². The van der Waals surface area contributed by atoms with Gasteiger partial charge in [-0.15, -0.1) is 0 Å². The highest BCUT2D eigenvalue weighted by atomic mass is 32.2. The van der Waals surface area contributed by atoms with Crippen LogP contribution in [-0.2, 0) is 4.74 Å². The number of ether oxygens (including phenoxy) is 1. The molecule has 0 aliphatic rings. The van der Waals surface area contributed by atoms with Gasteiger partial charge in [0.1, 0.15) is 6.61 Å². The van der Waals surface area contributed by atoms with E-state index in [1.807, 2.05) is 6.26 Å². The van der Waals surface area contributed by atoms with Gasteiger partial charge in [0, 0.05) is 0 Å². The molecule has 0 fully saturated rings. The molecule has 0 aliphatic heterocycles. The molecule has 0 unspecified atom stereocenters. The molecule has 0 aromatic rings. The maximum absolute atomic E-state index is 5.28. The number of unbranched alkanes of at least 4 members (excludes halogenated alkanes) is 8. The number of allylic oxidation sites excluding steroid dienone is 1. The minimum absolute atomic E-state index is 0.622. The van der Waals surface area contributed by atoms with E-state index in [0.29, 0.717) is 11.0 Å². The summed E-state index contributed by atoms with van der Waals surface area (Å²) in [4.78, 5) is 0. The quantitative estimate of drug-likeness (QED) is 0.273. The first kappa shape index (κ1) is 18.0. The summed E-state index contributed by atoms with van der Waals surface area (Å²) in [5.74, 6) is 0. The Morgan fingerprint density at radius 2 is 1.61 bits per heavy atom. The fourth-order valence-corrected chi connectivity index (χ4v) is 2.01. The second-order valence-corrected chi connectivity index (χ2v) is 5.91. The average molecular weight is 289 g/mol. The van der Waals surface area contributed by atoms with Gasteiger partial charge in [0.2, 0.25) is 4.38 Å². The zero-order valence-electron chi connectivity index (χ0n) is 12.0. The minimum atomic E-state index is 0.622. The lowest BCUT2D eigenvalue weighted by Gasteiger charge is -2.01. The van der Waals surface area contributed by atoms with E-state index in [9.17, 15) is 0 Å². The highest BCUT2D eigenvalue weighted by molar-refractivity contribution is 8.22. The Balaban J connectivity index is 3.10. The summed E-state index contributed by atoms with van der Waals surface area (Å²) in [6.07, 6.45) is 18.4. The van der Waals surface area contributed by atoms with Gasteiger partial charge in [-0.05, 0) is 31.3 Å². The van der Waals surface area contributed by atoms with E-state index in [-0.39, 0.29) is 0 Å². The number of thiocarbonyl (C=S) groups is 1. The zero-order chi connectivity index (χ0) is 13.5. The average Bonchev–Trinajstić information content (AvgIpc) is 2.39. The van der Waals surface area contributed by atoms with E-state index in [1.165, 1.54) is 69.5 Å². The molecule has 106 valence electrons. The molecule has 0 radical (unpaired) electrons. The summed E-state index contributed by atoms with van der Waals surface area (Å²) in [5.41, 5.74) is 0. The van der Waals surface area contributed by atoms with Gasteiger partial charge in [0.05, 0.1) is 0 Å². The smallest absolute Gasteiger partial charge is 0.220 e. The lowest BCUT2D eigenvalue weighted by Crippen LogP contribution is -1.95. The van der Waals surface area contributed by atoms with Crippen molar-refractivity contribution >= 4 is 28.4 Å². The van der Waals surface area contributed by atoms with Crippen molar-refractivity contribution in [2.24, 2.45) is 0 Å². The summed E-state index contributed by atoms with van der Waals surface area (Å²) in [5, 5.41) is 0. The fourth-order valence-electron chi connectivity index (χ4n) is 1.76. The Labute approximate surface area is 123 Å². The van der Waals surface area contributed by atoms with Crippen molar-refractivity contribution in [3.8, 4) is 0 Å². The first-order valence-corrected chi connectivity index (χ1v) is 8.80. The molecule has 0 aromatic heterocycles. The van der Waals surface area contributed by atoms with Crippen LogP contribution in [0.3, 0.4) is 0 Å². The van der Waals surface area contributed by atoms with Crippen LogP contribution in [-0.4, -0.2) is 17.2 Å². The van der Waals surface area contributed by atoms with Crippen LogP contribution in [0, 0.1) is 0 Å². The van der Waals surface area contributed by atoms with Gasteiger partial charge in [-0.25, -0.2) is 0 Å². The lowest BCUT2D eigenvalue weighted by atomic mass is 10.1. The summed E-state index contributed by atoms with van der Waals surface area (Å²) in [7, 11) is 0. The Hall–Kier alpha value is -0.0200. The van der Waals surface area contributed by atoms with Crippen molar-refractivity contribution in [1.29, 1.82) is 0 Å². The molecule has 0 aliphatic carbocycles. The van der Waals surface area contributed by atoms with Crippen LogP contribution in [0.25, 0.3) is 0 Å². The van der Waals surface area contributed by atoms with E-state index in [1.54, 1.807) is 0 Å². The van der Waals surface area contributed by atoms with E-state index < -0.39 is 0 Å². The predicted molar refractivity (Wildman–Crippen MR) is 88.4 cm³/mol. The summed E-state index contributed by atoms with van der Waals surface area (Å²) >= 11 is 6.42. The normalized spacial score (nSPS) is 11.0.